The van der Waals surface area contributed by atoms with Crippen LogP contribution in [0, 0.1) is 18.7 Å². The van der Waals surface area contributed by atoms with Crippen molar-refractivity contribution in [3.8, 4) is 0 Å². The maximum absolute atomic E-state index is 13.8. The molecule has 0 aromatic heterocycles. The molecular weight excluding hydrogens is 403 g/mol. The maximum Gasteiger partial charge on any atom is 0.223 e. The number of carbonyl (C=O) groups is 1. The largest absolute Gasteiger partial charge is 0.356 e. The number of hydrogen-bond acceptors (Lipinski definition) is 3. The van der Waals surface area contributed by atoms with Gasteiger partial charge in [0.1, 0.15) is 5.82 Å². The first kappa shape index (κ1) is 22.4. The molecule has 30 heavy (non-hydrogen) atoms. The van der Waals surface area contributed by atoms with E-state index in [4.69, 9.17) is 0 Å². The van der Waals surface area contributed by atoms with Gasteiger partial charge in [-0.1, -0.05) is 48.0 Å². The number of aryl methyl sites for hydroxylation is 2. The summed E-state index contributed by atoms with van der Waals surface area (Å²) in [6.45, 7) is 3.25. The van der Waals surface area contributed by atoms with Gasteiger partial charge in [0.05, 0.1) is 5.75 Å². The molecule has 3 rings (SSSR count). The molecule has 0 aliphatic carbocycles. The second-order valence-corrected chi connectivity index (χ2v) is 9.87. The lowest BCUT2D eigenvalue weighted by Crippen LogP contribution is -2.43. The Bertz CT molecular complexity index is 970. The van der Waals surface area contributed by atoms with Gasteiger partial charge in [-0.05, 0) is 44.2 Å². The number of benzene rings is 2. The lowest BCUT2D eigenvalue weighted by atomic mass is 9.97. The third-order valence-corrected chi connectivity index (χ3v) is 7.37. The summed E-state index contributed by atoms with van der Waals surface area (Å²) in [4.78, 5) is 12.4. The summed E-state index contributed by atoms with van der Waals surface area (Å²) in [5.74, 6) is -1.05. The molecule has 2 aromatic carbocycles. The van der Waals surface area contributed by atoms with Crippen LogP contribution in [0.5, 0.6) is 0 Å². The zero-order valence-electron chi connectivity index (χ0n) is 17.3. The lowest BCUT2D eigenvalue weighted by molar-refractivity contribution is -0.126. The number of sulfonamides is 1. The number of halogens is 1. The summed E-state index contributed by atoms with van der Waals surface area (Å²) in [7, 11) is -3.60. The molecular formula is C23H29FN2O3S. The van der Waals surface area contributed by atoms with Crippen molar-refractivity contribution in [3.05, 3.63) is 71.0 Å². The number of nitrogens with one attached hydrogen (secondary N) is 1. The van der Waals surface area contributed by atoms with Gasteiger partial charge in [0, 0.05) is 31.1 Å². The minimum atomic E-state index is -3.60. The van der Waals surface area contributed by atoms with Gasteiger partial charge in [0.15, 0.2) is 0 Å². The first-order valence-corrected chi connectivity index (χ1v) is 12.0. The molecule has 1 amide bonds. The standard InChI is InChI=1S/C23H29FN2O3S/c1-18-6-4-7-19(16-18)8-5-13-25-23(27)20-11-14-26(15-12-20)30(28,29)17-21-9-2-3-10-22(21)24/h2-4,6-7,9-10,16,20H,5,8,11-15,17H2,1H3,(H,25,27). The van der Waals surface area contributed by atoms with Crippen LogP contribution < -0.4 is 5.32 Å². The Labute approximate surface area is 178 Å². The van der Waals surface area contributed by atoms with Crippen LogP contribution in [0.25, 0.3) is 0 Å². The molecule has 0 unspecified atom stereocenters. The SMILES string of the molecule is Cc1cccc(CCCNC(=O)C2CCN(S(=O)(=O)Cc3ccccc3F)CC2)c1. The van der Waals surface area contributed by atoms with Crippen LogP contribution in [0.15, 0.2) is 48.5 Å². The summed E-state index contributed by atoms with van der Waals surface area (Å²) in [5, 5.41) is 2.98. The van der Waals surface area contributed by atoms with E-state index in [0.29, 0.717) is 19.4 Å². The molecule has 2 aromatic rings. The Morgan fingerprint density at radius 1 is 1.13 bits per heavy atom. The third kappa shape index (κ3) is 6.12. The van der Waals surface area contributed by atoms with Gasteiger partial charge in [-0.2, -0.15) is 0 Å². The van der Waals surface area contributed by atoms with Crippen molar-refractivity contribution in [2.75, 3.05) is 19.6 Å². The van der Waals surface area contributed by atoms with Gasteiger partial charge in [-0.15, -0.1) is 0 Å². The van der Waals surface area contributed by atoms with E-state index in [0.717, 1.165) is 12.8 Å². The van der Waals surface area contributed by atoms with Crippen LogP contribution in [-0.4, -0.2) is 38.3 Å². The zero-order valence-corrected chi connectivity index (χ0v) is 18.1. The minimum absolute atomic E-state index is 0.00889. The third-order valence-electron chi connectivity index (χ3n) is 5.54. The van der Waals surface area contributed by atoms with Gasteiger partial charge >= 0.3 is 0 Å². The van der Waals surface area contributed by atoms with E-state index in [2.05, 4.69) is 30.4 Å². The second-order valence-electron chi connectivity index (χ2n) is 7.90. The van der Waals surface area contributed by atoms with Crippen LogP contribution in [0.3, 0.4) is 0 Å². The average molecular weight is 433 g/mol. The van der Waals surface area contributed by atoms with Crippen LogP contribution in [0.1, 0.15) is 36.0 Å². The van der Waals surface area contributed by atoms with Crippen molar-refractivity contribution in [2.24, 2.45) is 5.92 Å². The summed E-state index contributed by atoms with van der Waals surface area (Å²) in [6, 6.07) is 14.3. The van der Waals surface area contributed by atoms with Crippen LogP contribution >= 0.6 is 0 Å². The minimum Gasteiger partial charge on any atom is -0.356 e. The van der Waals surface area contributed by atoms with E-state index in [1.807, 2.05) is 6.07 Å². The number of nitrogens with zero attached hydrogens (tertiary/aromatic N) is 1. The topological polar surface area (TPSA) is 66.5 Å². The second kappa shape index (κ2) is 10.2. The van der Waals surface area contributed by atoms with E-state index >= 15 is 0 Å². The normalized spacial score (nSPS) is 15.8. The van der Waals surface area contributed by atoms with Gasteiger partial charge in [0.2, 0.25) is 15.9 Å². The Morgan fingerprint density at radius 2 is 1.87 bits per heavy atom. The summed E-state index contributed by atoms with van der Waals surface area (Å²) < 4.78 is 40.4. The molecule has 1 heterocycles. The number of hydrogen-bond donors (Lipinski definition) is 1. The molecule has 1 aliphatic heterocycles. The molecule has 1 fully saturated rings. The maximum atomic E-state index is 13.8. The summed E-state index contributed by atoms with van der Waals surface area (Å²) >= 11 is 0. The van der Waals surface area contributed by atoms with E-state index in [1.54, 1.807) is 6.07 Å². The molecule has 7 heteroatoms. The number of rotatable bonds is 8. The molecule has 0 bridgehead atoms. The smallest absolute Gasteiger partial charge is 0.223 e. The molecule has 5 nitrogen and oxygen atoms in total. The monoisotopic (exact) mass is 432 g/mol. The molecule has 1 N–H and O–H groups in total. The lowest BCUT2D eigenvalue weighted by Gasteiger charge is -2.30. The van der Waals surface area contributed by atoms with Crippen molar-refractivity contribution < 1.29 is 17.6 Å². The Balaban J connectivity index is 1.42. The van der Waals surface area contributed by atoms with Crippen molar-refractivity contribution in [2.45, 2.75) is 38.4 Å². The highest BCUT2D eigenvalue weighted by atomic mass is 32.2. The Kier molecular flexibility index (Phi) is 7.61. The van der Waals surface area contributed by atoms with Crippen molar-refractivity contribution >= 4 is 15.9 Å². The highest BCUT2D eigenvalue weighted by molar-refractivity contribution is 7.88. The van der Waals surface area contributed by atoms with Gasteiger partial charge in [-0.3, -0.25) is 4.79 Å². The number of carbonyl (C=O) groups excluding carboxylic acids is 1. The first-order chi connectivity index (χ1) is 14.3. The highest BCUT2D eigenvalue weighted by Gasteiger charge is 2.31. The average Bonchev–Trinajstić information content (AvgIpc) is 2.73. The molecule has 0 atom stereocenters. The van der Waals surface area contributed by atoms with Gasteiger partial charge in [-0.25, -0.2) is 17.1 Å². The molecule has 1 saturated heterocycles. The molecule has 0 radical (unpaired) electrons. The van der Waals surface area contributed by atoms with Crippen LogP contribution in [0.4, 0.5) is 4.39 Å². The highest BCUT2D eigenvalue weighted by Crippen LogP contribution is 2.22. The van der Waals surface area contributed by atoms with E-state index in [-0.39, 0.29) is 36.2 Å². The summed E-state index contributed by atoms with van der Waals surface area (Å²) in [6.07, 6.45) is 2.75. The summed E-state index contributed by atoms with van der Waals surface area (Å²) in [5.41, 5.74) is 2.66. The van der Waals surface area contributed by atoms with Gasteiger partial charge in [0.25, 0.3) is 0 Å². The van der Waals surface area contributed by atoms with Crippen LogP contribution in [0.2, 0.25) is 0 Å². The van der Waals surface area contributed by atoms with E-state index < -0.39 is 15.8 Å². The van der Waals surface area contributed by atoms with Crippen molar-refractivity contribution in [3.63, 3.8) is 0 Å². The van der Waals surface area contributed by atoms with Crippen molar-refractivity contribution in [1.29, 1.82) is 0 Å². The van der Waals surface area contributed by atoms with Crippen LogP contribution in [-0.2, 0) is 27.0 Å². The predicted molar refractivity (Wildman–Crippen MR) is 116 cm³/mol. The Hall–Kier alpha value is -2.25. The Morgan fingerprint density at radius 3 is 2.57 bits per heavy atom. The van der Waals surface area contributed by atoms with E-state index in [9.17, 15) is 17.6 Å². The fourth-order valence-corrected chi connectivity index (χ4v) is 5.39. The molecule has 162 valence electrons. The molecule has 0 saturated carbocycles. The fourth-order valence-electron chi connectivity index (χ4n) is 3.82. The zero-order chi connectivity index (χ0) is 21.6. The molecule has 1 aliphatic rings. The number of piperidine rings is 1. The van der Waals surface area contributed by atoms with Gasteiger partial charge < -0.3 is 5.32 Å². The first-order valence-electron chi connectivity index (χ1n) is 10.4. The fraction of sp³-hybridized carbons (Fsp3) is 0.435. The number of amides is 1. The quantitative estimate of drug-likeness (QED) is 0.650. The van der Waals surface area contributed by atoms with E-state index in [1.165, 1.54) is 33.6 Å². The predicted octanol–water partition coefficient (Wildman–Crippen LogP) is 3.42. The molecule has 0 spiro atoms. The van der Waals surface area contributed by atoms with Crippen molar-refractivity contribution in [1.82, 2.24) is 9.62 Å².